The molecule has 1 aromatic heterocycles. The van der Waals surface area contributed by atoms with Crippen molar-refractivity contribution < 1.29 is 9.59 Å². The van der Waals surface area contributed by atoms with Crippen molar-refractivity contribution in [1.82, 2.24) is 10.2 Å². The molecule has 16 heavy (non-hydrogen) atoms. The molecule has 0 saturated carbocycles. The molecule has 1 aliphatic rings. The summed E-state index contributed by atoms with van der Waals surface area (Å²) >= 11 is 4.93. The smallest absolute Gasteiger partial charge is 0.246 e. The highest BCUT2D eigenvalue weighted by Crippen LogP contribution is 2.24. The van der Waals surface area contributed by atoms with Crippen LogP contribution in [0, 0.1) is 0 Å². The van der Waals surface area contributed by atoms with Crippen LogP contribution in [0.15, 0.2) is 15.9 Å². The van der Waals surface area contributed by atoms with E-state index in [1.807, 2.05) is 11.4 Å². The molecule has 2 amide bonds. The van der Waals surface area contributed by atoms with Crippen LogP contribution in [0.1, 0.15) is 11.8 Å². The fraction of sp³-hybridized carbons (Fsp3) is 0.400. The quantitative estimate of drug-likeness (QED) is 0.839. The summed E-state index contributed by atoms with van der Waals surface area (Å²) in [6, 6.07) is 1.64. The molecule has 1 saturated heterocycles. The third-order valence-corrected chi connectivity index (χ3v) is 4.40. The zero-order chi connectivity index (χ0) is 11.7. The van der Waals surface area contributed by atoms with E-state index in [1.165, 1.54) is 16.2 Å². The number of halogens is 1. The van der Waals surface area contributed by atoms with Crippen molar-refractivity contribution in [3.8, 4) is 0 Å². The van der Waals surface area contributed by atoms with Crippen molar-refractivity contribution in [1.29, 1.82) is 0 Å². The van der Waals surface area contributed by atoms with E-state index in [0.717, 1.165) is 9.35 Å². The Bertz CT molecular complexity index is 432. The third kappa shape index (κ3) is 2.18. The molecule has 0 aliphatic carbocycles. The molecule has 4 nitrogen and oxygen atoms in total. The number of nitrogens with zero attached hydrogens (tertiary/aromatic N) is 1. The summed E-state index contributed by atoms with van der Waals surface area (Å²) in [6.45, 7) is 2.36. The summed E-state index contributed by atoms with van der Waals surface area (Å²) < 4.78 is 0.948. The van der Waals surface area contributed by atoms with Crippen LogP contribution < -0.4 is 5.32 Å². The van der Waals surface area contributed by atoms with Gasteiger partial charge in [-0.15, -0.1) is 11.3 Å². The maximum absolute atomic E-state index is 11.8. The van der Waals surface area contributed by atoms with Gasteiger partial charge in [-0.3, -0.25) is 19.8 Å². The maximum atomic E-state index is 11.8. The number of nitrogens with one attached hydrogen (secondary N) is 1. The first-order chi connectivity index (χ1) is 7.59. The molecular formula is C10H11BrN2O2S. The van der Waals surface area contributed by atoms with Crippen LogP contribution in [0.5, 0.6) is 0 Å². The molecule has 0 aromatic carbocycles. The van der Waals surface area contributed by atoms with Gasteiger partial charge < -0.3 is 0 Å². The Morgan fingerprint density at radius 1 is 1.62 bits per heavy atom. The Kier molecular flexibility index (Phi) is 3.41. The predicted molar refractivity (Wildman–Crippen MR) is 65.0 cm³/mol. The molecule has 6 heteroatoms. The normalized spacial score (nSPS) is 21.6. The van der Waals surface area contributed by atoms with Crippen LogP contribution in [0.3, 0.4) is 0 Å². The van der Waals surface area contributed by atoms with Crippen LogP contribution in [0.2, 0.25) is 0 Å². The molecule has 1 N–H and O–H groups in total. The first kappa shape index (κ1) is 11.8. The molecule has 0 spiro atoms. The summed E-state index contributed by atoms with van der Waals surface area (Å²) in [7, 11) is 0. The highest BCUT2D eigenvalue weighted by atomic mass is 79.9. The van der Waals surface area contributed by atoms with Gasteiger partial charge in [0.05, 0.1) is 19.1 Å². The number of hydrogen-bond donors (Lipinski definition) is 1. The average Bonchev–Trinajstić information content (AvgIpc) is 2.65. The number of thiophene rings is 1. The van der Waals surface area contributed by atoms with Gasteiger partial charge in [-0.1, -0.05) is 0 Å². The van der Waals surface area contributed by atoms with Crippen molar-refractivity contribution in [2.24, 2.45) is 0 Å². The third-order valence-electron chi connectivity index (χ3n) is 2.49. The zero-order valence-electron chi connectivity index (χ0n) is 8.70. The Hall–Kier alpha value is -0.720. The van der Waals surface area contributed by atoms with Crippen LogP contribution in [0.25, 0.3) is 0 Å². The Morgan fingerprint density at radius 3 is 3.00 bits per heavy atom. The number of piperazine rings is 1. The molecule has 1 fully saturated rings. The summed E-state index contributed by atoms with van der Waals surface area (Å²) in [4.78, 5) is 25.7. The number of carbonyl (C=O) groups is 2. The molecule has 1 atom stereocenters. The van der Waals surface area contributed by atoms with Gasteiger partial charge in [0.1, 0.15) is 0 Å². The lowest BCUT2D eigenvalue weighted by Gasteiger charge is -2.29. The molecule has 1 aliphatic heterocycles. The second-order valence-electron chi connectivity index (χ2n) is 3.61. The molecule has 1 aromatic rings. The van der Waals surface area contributed by atoms with Crippen molar-refractivity contribution in [2.75, 3.05) is 6.54 Å². The van der Waals surface area contributed by atoms with E-state index in [0.29, 0.717) is 6.54 Å². The number of rotatable bonds is 2. The number of amides is 2. The number of carbonyl (C=O) groups excluding carboxylic acids is 2. The lowest BCUT2D eigenvalue weighted by Crippen LogP contribution is -2.56. The van der Waals surface area contributed by atoms with E-state index in [9.17, 15) is 9.59 Å². The lowest BCUT2D eigenvalue weighted by molar-refractivity contribution is -0.149. The van der Waals surface area contributed by atoms with Gasteiger partial charge in [-0.05, 0) is 34.3 Å². The van der Waals surface area contributed by atoms with Crippen LogP contribution in [-0.4, -0.2) is 29.3 Å². The summed E-state index contributed by atoms with van der Waals surface area (Å²) in [5.41, 5.74) is 0. The van der Waals surface area contributed by atoms with Crippen molar-refractivity contribution in [2.45, 2.75) is 19.5 Å². The summed E-state index contributed by atoms with van der Waals surface area (Å²) in [5, 5.41) is 4.79. The highest BCUT2D eigenvalue weighted by molar-refractivity contribution is 9.10. The van der Waals surface area contributed by atoms with Gasteiger partial charge in [0, 0.05) is 9.35 Å². The van der Waals surface area contributed by atoms with E-state index in [2.05, 4.69) is 21.2 Å². The molecule has 1 unspecified atom stereocenters. The van der Waals surface area contributed by atoms with Crippen LogP contribution >= 0.6 is 27.3 Å². The Labute approximate surface area is 106 Å². The van der Waals surface area contributed by atoms with Crippen molar-refractivity contribution in [3.63, 3.8) is 0 Å². The van der Waals surface area contributed by atoms with E-state index in [4.69, 9.17) is 0 Å². The van der Waals surface area contributed by atoms with E-state index >= 15 is 0 Å². The molecular weight excluding hydrogens is 292 g/mol. The fourth-order valence-corrected chi connectivity index (χ4v) is 2.99. The topological polar surface area (TPSA) is 49.4 Å². The van der Waals surface area contributed by atoms with Crippen molar-refractivity contribution >= 4 is 39.1 Å². The second-order valence-corrected chi connectivity index (χ2v) is 5.47. The minimum Gasteiger partial charge on any atom is -0.298 e. The minimum atomic E-state index is -0.281. The average molecular weight is 303 g/mol. The maximum Gasteiger partial charge on any atom is 0.246 e. The second kappa shape index (κ2) is 4.65. The molecule has 86 valence electrons. The summed E-state index contributed by atoms with van der Waals surface area (Å²) in [5.74, 6) is -0.319. The first-order valence-electron chi connectivity index (χ1n) is 4.89. The zero-order valence-corrected chi connectivity index (χ0v) is 11.1. The molecule has 0 radical (unpaired) electrons. The van der Waals surface area contributed by atoms with E-state index in [-0.39, 0.29) is 24.4 Å². The monoisotopic (exact) mass is 302 g/mol. The van der Waals surface area contributed by atoms with Gasteiger partial charge in [0.15, 0.2) is 0 Å². The van der Waals surface area contributed by atoms with E-state index < -0.39 is 0 Å². The van der Waals surface area contributed by atoms with Crippen LogP contribution in [0.4, 0.5) is 0 Å². The number of imide groups is 1. The SMILES string of the molecule is CC1NCC(=O)N(Cc2sccc2Br)C1=O. The van der Waals surface area contributed by atoms with Gasteiger partial charge in [-0.25, -0.2) is 0 Å². The van der Waals surface area contributed by atoms with Gasteiger partial charge in [-0.2, -0.15) is 0 Å². The van der Waals surface area contributed by atoms with Gasteiger partial charge in [0.2, 0.25) is 11.8 Å². The van der Waals surface area contributed by atoms with Crippen molar-refractivity contribution in [3.05, 3.63) is 20.8 Å². The van der Waals surface area contributed by atoms with E-state index in [1.54, 1.807) is 6.92 Å². The highest BCUT2D eigenvalue weighted by Gasteiger charge is 2.31. The number of hydrogen-bond acceptors (Lipinski definition) is 4. The van der Waals surface area contributed by atoms with Crippen LogP contribution in [-0.2, 0) is 16.1 Å². The van der Waals surface area contributed by atoms with Gasteiger partial charge in [0.25, 0.3) is 0 Å². The molecule has 0 bridgehead atoms. The fourth-order valence-electron chi connectivity index (χ4n) is 1.53. The summed E-state index contributed by atoms with van der Waals surface area (Å²) in [6.07, 6.45) is 0. The molecule has 2 rings (SSSR count). The Morgan fingerprint density at radius 2 is 2.38 bits per heavy atom. The Balaban J connectivity index is 2.16. The first-order valence-corrected chi connectivity index (χ1v) is 6.56. The predicted octanol–water partition coefficient (Wildman–Crippen LogP) is 1.36. The lowest BCUT2D eigenvalue weighted by atomic mass is 10.2. The standard InChI is InChI=1S/C10H11BrN2O2S/c1-6-10(15)13(9(14)4-12-6)5-8-7(11)2-3-16-8/h2-3,6,12H,4-5H2,1H3. The minimum absolute atomic E-state index is 0.156. The largest absolute Gasteiger partial charge is 0.298 e. The molecule has 2 heterocycles. The van der Waals surface area contributed by atoms with Gasteiger partial charge >= 0.3 is 0 Å².